The van der Waals surface area contributed by atoms with E-state index in [1.165, 1.54) is 12.3 Å². The highest BCUT2D eigenvalue weighted by Crippen LogP contribution is 2.30. The highest BCUT2D eigenvalue weighted by molar-refractivity contribution is 5.83. The molecule has 0 saturated heterocycles. The van der Waals surface area contributed by atoms with Gasteiger partial charge in [-0.1, -0.05) is 12.2 Å². The highest BCUT2D eigenvalue weighted by Gasteiger charge is 2.26. The van der Waals surface area contributed by atoms with Crippen LogP contribution in [0.25, 0.3) is 17.0 Å². The molecule has 7 heteroatoms. The third-order valence-corrected chi connectivity index (χ3v) is 6.73. The molecule has 0 bridgehead atoms. The number of ether oxygens (including phenoxy) is 1. The maximum absolute atomic E-state index is 14.7. The number of nitrogens with zero attached hydrogens (tertiary/aromatic N) is 1. The van der Waals surface area contributed by atoms with Gasteiger partial charge in [-0.3, -0.25) is 4.98 Å². The minimum atomic E-state index is -0.456. The van der Waals surface area contributed by atoms with E-state index in [9.17, 15) is 13.2 Å². The Hall–Kier alpha value is -2.90. The molecule has 3 N–H and O–H groups in total. The zero-order valence-electron chi connectivity index (χ0n) is 19.2. The van der Waals surface area contributed by atoms with E-state index < -0.39 is 11.6 Å². The van der Waals surface area contributed by atoms with Gasteiger partial charge in [-0.25, -0.2) is 13.2 Å². The van der Waals surface area contributed by atoms with Gasteiger partial charge in [-0.15, -0.1) is 0 Å². The molecule has 1 aliphatic carbocycles. The summed E-state index contributed by atoms with van der Waals surface area (Å²) in [5, 5.41) is 4.20. The van der Waals surface area contributed by atoms with Crippen LogP contribution in [0.15, 0.2) is 48.7 Å². The van der Waals surface area contributed by atoms with E-state index in [-0.39, 0.29) is 17.4 Å². The number of aromatic nitrogens is 1. The number of rotatable bonds is 8. The Morgan fingerprint density at radius 3 is 2.65 bits per heavy atom. The van der Waals surface area contributed by atoms with E-state index in [0.717, 1.165) is 48.7 Å². The van der Waals surface area contributed by atoms with Gasteiger partial charge in [0.05, 0.1) is 18.8 Å². The number of hydrogen-bond donors (Lipinski definition) is 2. The fourth-order valence-corrected chi connectivity index (χ4v) is 4.75. The number of nitrogens with two attached hydrogens (primary N) is 1. The smallest absolute Gasteiger partial charge is 0.145 e. The van der Waals surface area contributed by atoms with Crippen molar-refractivity contribution in [1.82, 2.24) is 10.3 Å². The lowest BCUT2D eigenvalue weighted by molar-refractivity contribution is 0.260. The second-order valence-electron chi connectivity index (χ2n) is 8.92. The lowest BCUT2D eigenvalue weighted by Crippen LogP contribution is -2.40. The van der Waals surface area contributed by atoms with Gasteiger partial charge in [0.25, 0.3) is 0 Å². The van der Waals surface area contributed by atoms with E-state index in [0.29, 0.717) is 36.2 Å². The van der Waals surface area contributed by atoms with Gasteiger partial charge in [0, 0.05) is 35.1 Å². The number of fused-ring (bicyclic) bond motifs is 1. The Bertz CT molecular complexity index is 1160. The molecule has 4 rings (SSSR count). The maximum Gasteiger partial charge on any atom is 0.145 e. The maximum atomic E-state index is 14.7. The number of halogens is 3. The summed E-state index contributed by atoms with van der Waals surface area (Å²) in [5.41, 5.74) is 8.11. The molecule has 2 aromatic carbocycles. The van der Waals surface area contributed by atoms with Crippen LogP contribution in [0.3, 0.4) is 0 Å². The Morgan fingerprint density at radius 2 is 1.88 bits per heavy atom. The predicted molar refractivity (Wildman–Crippen MR) is 129 cm³/mol. The van der Waals surface area contributed by atoms with Crippen LogP contribution < -0.4 is 15.8 Å². The average Bonchev–Trinajstić information content (AvgIpc) is 2.85. The number of benzene rings is 2. The first-order chi connectivity index (χ1) is 16.4. The van der Waals surface area contributed by atoms with Crippen LogP contribution in [-0.2, 0) is 6.42 Å². The van der Waals surface area contributed by atoms with Crippen molar-refractivity contribution in [2.45, 2.75) is 44.2 Å². The van der Waals surface area contributed by atoms with E-state index in [4.69, 9.17) is 10.5 Å². The molecule has 180 valence electrons. The number of methoxy groups -OCH3 is 1. The molecular formula is C27H30F3N3O. The fraction of sp³-hybridized carbons (Fsp3) is 0.370. The van der Waals surface area contributed by atoms with Crippen LogP contribution in [0.1, 0.15) is 36.8 Å². The summed E-state index contributed by atoms with van der Waals surface area (Å²) in [5.74, 6) is -0.266. The Balaban J connectivity index is 1.30. The Kier molecular flexibility index (Phi) is 7.85. The molecule has 1 aromatic heterocycles. The molecule has 4 nitrogen and oxygen atoms in total. The first kappa shape index (κ1) is 24.2. The largest absolute Gasteiger partial charge is 0.497 e. The molecule has 3 aromatic rings. The first-order valence-electron chi connectivity index (χ1n) is 11.7. The van der Waals surface area contributed by atoms with Crippen molar-refractivity contribution in [3.63, 3.8) is 0 Å². The normalized spacial score (nSPS) is 19.6. The van der Waals surface area contributed by atoms with E-state index in [1.807, 2.05) is 18.2 Å². The van der Waals surface area contributed by atoms with Gasteiger partial charge < -0.3 is 15.8 Å². The van der Waals surface area contributed by atoms with Crippen molar-refractivity contribution in [3.8, 4) is 5.75 Å². The SMILES string of the molecule is COc1ccc2ncc(F)c(C[C@@H](N)[C@H]3CC[C@@H](NCC=Cc4cc(F)ccc4F)CC3)c2c1. The predicted octanol–water partition coefficient (Wildman–Crippen LogP) is 5.39. The Labute approximate surface area is 198 Å². The van der Waals surface area contributed by atoms with Crippen LogP contribution >= 0.6 is 0 Å². The van der Waals surface area contributed by atoms with Crippen molar-refractivity contribution in [1.29, 1.82) is 0 Å². The van der Waals surface area contributed by atoms with Crippen LogP contribution in [0, 0.1) is 23.4 Å². The highest BCUT2D eigenvalue weighted by atomic mass is 19.1. The topological polar surface area (TPSA) is 60.2 Å². The standard InChI is InChI=1S/C27H30F3N3O/c1-34-21-9-11-27-23(14-21)22(25(30)16-33-27)15-26(31)17-4-7-20(8-5-17)32-12-2-3-18-13-19(28)6-10-24(18)29/h2-3,6,9-11,13-14,16-17,20,26,32H,4-5,7-8,12,15,31H2,1H3/t17-,20+,26-/m1/s1. The van der Waals surface area contributed by atoms with E-state index >= 15 is 0 Å². The third kappa shape index (κ3) is 5.77. The molecule has 1 fully saturated rings. The molecule has 1 aliphatic rings. The van der Waals surface area contributed by atoms with Crippen molar-refractivity contribution in [2.24, 2.45) is 11.7 Å². The number of nitrogens with one attached hydrogen (secondary N) is 1. The summed E-state index contributed by atoms with van der Waals surface area (Å²) >= 11 is 0. The van der Waals surface area contributed by atoms with Gasteiger partial charge in [0.15, 0.2) is 0 Å². The number of hydrogen-bond acceptors (Lipinski definition) is 4. The van der Waals surface area contributed by atoms with Crippen molar-refractivity contribution in [3.05, 3.63) is 77.2 Å². The van der Waals surface area contributed by atoms with Gasteiger partial charge in [0.1, 0.15) is 23.2 Å². The van der Waals surface area contributed by atoms with Gasteiger partial charge in [-0.05, 0) is 74.4 Å². The molecule has 0 unspecified atom stereocenters. The number of pyridine rings is 1. The lowest BCUT2D eigenvalue weighted by atomic mass is 9.79. The fourth-order valence-electron chi connectivity index (χ4n) is 4.75. The molecule has 34 heavy (non-hydrogen) atoms. The van der Waals surface area contributed by atoms with Crippen molar-refractivity contribution in [2.75, 3.05) is 13.7 Å². The van der Waals surface area contributed by atoms with Gasteiger partial charge in [0.2, 0.25) is 0 Å². The first-order valence-corrected chi connectivity index (χ1v) is 11.7. The molecule has 0 spiro atoms. The van der Waals surface area contributed by atoms with Gasteiger partial charge >= 0.3 is 0 Å². The van der Waals surface area contributed by atoms with Crippen molar-refractivity contribution >= 4 is 17.0 Å². The quantitative estimate of drug-likeness (QED) is 0.464. The summed E-state index contributed by atoms with van der Waals surface area (Å²) in [6.07, 6.45) is 8.95. The summed E-state index contributed by atoms with van der Waals surface area (Å²) < 4.78 is 46.9. The molecular weight excluding hydrogens is 439 g/mol. The van der Waals surface area contributed by atoms with E-state index in [2.05, 4.69) is 10.3 Å². The Morgan fingerprint density at radius 1 is 1.09 bits per heavy atom. The second kappa shape index (κ2) is 11.0. The van der Waals surface area contributed by atoms with Crippen LogP contribution in [-0.4, -0.2) is 30.7 Å². The molecule has 0 radical (unpaired) electrons. The lowest BCUT2D eigenvalue weighted by Gasteiger charge is -2.32. The zero-order chi connectivity index (χ0) is 24.1. The molecule has 0 aliphatic heterocycles. The summed E-state index contributed by atoms with van der Waals surface area (Å²) in [7, 11) is 1.58. The van der Waals surface area contributed by atoms with Crippen molar-refractivity contribution < 1.29 is 17.9 Å². The monoisotopic (exact) mass is 469 g/mol. The van der Waals surface area contributed by atoms with Crippen LogP contribution in [0.4, 0.5) is 13.2 Å². The summed E-state index contributed by atoms with van der Waals surface area (Å²) in [4.78, 5) is 4.19. The molecule has 1 heterocycles. The van der Waals surface area contributed by atoms with Crippen LogP contribution in [0.5, 0.6) is 5.75 Å². The van der Waals surface area contributed by atoms with Crippen LogP contribution in [0.2, 0.25) is 0 Å². The molecule has 1 atom stereocenters. The minimum absolute atomic E-state index is 0.150. The molecule has 0 amide bonds. The third-order valence-electron chi connectivity index (χ3n) is 6.73. The summed E-state index contributed by atoms with van der Waals surface area (Å²) in [6.45, 7) is 0.577. The second-order valence-corrected chi connectivity index (χ2v) is 8.92. The average molecular weight is 470 g/mol. The molecule has 1 saturated carbocycles. The summed E-state index contributed by atoms with van der Waals surface area (Å²) in [6, 6.07) is 9.07. The van der Waals surface area contributed by atoms with E-state index in [1.54, 1.807) is 19.3 Å². The minimum Gasteiger partial charge on any atom is -0.497 e. The van der Waals surface area contributed by atoms with Gasteiger partial charge in [-0.2, -0.15) is 0 Å². The zero-order valence-corrected chi connectivity index (χ0v) is 19.2.